The molecule has 5 N–H and O–H groups in total. The van der Waals surface area contributed by atoms with E-state index in [0.717, 1.165) is 0 Å². The quantitative estimate of drug-likeness (QED) is 0.0889. The van der Waals surface area contributed by atoms with E-state index in [9.17, 15) is 18.9 Å². The van der Waals surface area contributed by atoms with Gasteiger partial charge in [-0.2, -0.15) is 0 Å². The highest BCUT2D eigenvalue weighted by Crippen LogP contribution is 2.48. The molecule has 1 atom stereocenters. The molecule has 15 nitrogen and oxygen atoms in total. The summed E-state index contributed by atoms with van der Waals surface area (Å²) >= 11 is 0. The Balaban J connectivity index is 2.68. The van der Waals surface area contributed by atoms with Crippen molar-refractivity contribution in [2.45, 2.75) is 59.4 Å². The molecule has 1 aromatic rings. The van der Waals surface area contributed by atoms with Crippen LogP contribution in [0.1, 0.15) is 50.8 Å². The van der Waals surface area contributed by atoms with Crippen molar-refractivity contribution >= 4 is 31.8 Å². The number of guanidine groups is 1. The van der Waals surface area contributed by atoms with Crippen LogP contribution in [-0.4, -0.2) is 67.4 Å². The lowest BCUT2D eigenvalue weighted by Crippen LogP contribution is -2.35. The van der Waals surface area contributed by atoms with Gasteiger partial charge in [-0.15, -0.1) is 0 Å². The van der Waals surface area contributed by atoms with Crippen LogP contribution in [-0.2, 0) is 43.7 Å². The monoisotopic (exact) mass is 536 g/mol. The largest absolute Gasteiger partial charge is 0.510 e. The number of amides is 1. The summed E-state index contributed by atoms with van der Waals surface area (Å²) in [6, 6.07) is 3.13. The number of nitrogens with one attached hydrogen (secondary N) is 3. The molecule has 1 unspecified atom stereocenters. The Bertz CT molecular complexity index is 903. The normalized spacial score (nSPS) is 12.2. The summed E-state index contributed by atoms with van der Waals surface area (Å²) in [5.41, 5.74) is 5.93. The Kier molecular flexibility index (Phi) is 12.9. The number of rotatable bonds is 14. The second-order valence-electron chi connectivity index (χ2n) is 7.80. The molecule has 0 aromatic carbocycles. The highest BCUT2D eigenvalue weighted by Gasteiger charge is 2.29. The summed E-state index contributed by atoms with van der Waals surface area (Å²) in [7, 11) is -4.08. The molecule has 0 saturated heterocycles. The van der Waals surface area contributed by atoms with Crippen LogP contribution < -0.4 is 11.1 Å². The zero-order valence-corrected chi connectivity index (χ0v) is 21.6. The molecule has 0 aliphatic rings. The minimum Gasteiger partial charge on any atom is -0.432 e. The highest BCUT2D eigenvalue weighted by atomic mass is 31.2. The van der Waals surface area contributed by atoms with Crippen molar-refractivity contribution < 1.29 is 51.7 Å². The van der Waals surface area contributed by atoms with Gasteiger partial charge in [-0.25, -0.2) is 9.59 Å². The minimum atomic E-state index is -4.08. The summed E-state index contributed by atoms with van der Waals surface area (Å²) in [6.07, 6.45) is -3.83. The highest BCUT2D eigenvalue weighted by molar-refractivity contribution is 7.53. The number of hydrogen-bond acceptors (Lipinski definition) is 12. The molecule has 1 aromatic heterocycles. The second-order valence-corrected chi connectivity index (χ2v) is 9.80. The third-order valence-electron chi connectivity index (χ3n) is 3.78. The Morgan fingerprint density at radius 2 is 1.53 bits per heavy atom. The van der Waals surface area contributed by atoms with Gasteiger partial charge in [-0.05, 0) is 46.8 Å². The Hall–Kier alpha value is -3.13. The molecule has 0 aliphatic carbocycles. The Labute approximate surface area is 208 Å². The molecule has 0 aliphatic heterocycles. The lowest BCUT2D eigenvalue weighted by Gasteiger charge is -2.20. The molecule has 0 saturated carbocycles. The summed E-state index contributed by atoms with van der Waals surface area (Å²) in [5, 5.41) is 9.25. The average molecular weight is 536 g/mol. The molecule has 1 rings (SSSR count). The molecule has 0 spiro atoms. The first-order chi connectivity index (χ1) is 16.8. The molecule has 0 radical (unpaired) electrons. The fraction of sp³-hybridized carbons (Fsp3) is 0.600. The second kappa shape index (κ2) is 15.1. The number of aromatic amines is 1. The van der Waals surface area contributed by atoms with E-state index >= 15 is 0 Å². The molecule has 204 valence electrons. The maximum Gasteiger partial charge on any atom is 0.510 e. The van der Waals surface area contributed by atoms with Crippen LogP contribution in [0.3, 0.4) is 0 Å². The molecule has 0 bridgehead atoms. The smallest absolute Gasteiger partial charge is 0.432 e. The van der Waals surface area contributed by atoms with Gasteiger partial charge in [-0.1, -0.05) is 0 Å². The molecule has 1 heterocycles. The minimum absolute atomic E-state index is 0.181. The van der Waals surface area contributed by atoms with Gasteiger partial charge in [0.25, 0.3) is 5.91 Å². The van der Waals surface area contributed by atoms with Gasteiger partial charge in [0.2, 0.25) is 13.6 Å². The van der Waals surface area contributed by atoms with Crippen LogP contribution in [0.15, 0.2) is 12.1 Å². The topological polar surface area (TPSA) is 211 Å². The van der Waals surface area contributed by atoms with E-state index in [-0.39, 0.29) is 12.1 Å². The predicted octanol–water partition coefficient (Wildman–Crippen LogP) is 2.81. The van der Waals surface area contributed by atoms with Crippen molar-refractivity contribution in [3.8, 4) is 0 Å². The number of carbonyl (C=O) groups is 3. The third kappa shape index (κ3) is 13.1. The van der Waals surface area contributed by atoms with Crippen molar-refractivity contribution in [1.29, 1.82) is 5.41 Å². The molecular weight excluding hydrogens is 503 g/mol. The zero-order valence-electron chi connectivity index (χ0n) is 20.7. The molecule has 16 heteroatoms. The SMILES string of the molecule is CC(C)OC(=O)OCOP(=O)(COC(C)Cc1ccc(C(=O)NC(=N)N)[nH]1)OCOC(=O)OC(C)C. The van der Waals surface area contributed by atoms with Gasteiger partial charge >= 0.3 is 19.9 Å². The van der Waals surface area contributed by atoms with Crippen LogP contribution >= 0.6 is 7.60 Å². The van der Waals surface area contributed by atoms with E-state index in [1.54, 1.807) is 40.7 Å². The zero-order chi connectivity index (χ0) is 27.3. The van der Waals surface area contributed by atoms with Gasteiger partial charge in [0, 0.05) is 12.1 Å². The molecule has 36 heavy (non-hydrogen) atoms. The first-order valence-corrected chi connectivity index (χ1v) is 12.5. The van der Waals surface area contributed by atoms with E-state index in [2.05, 4.69) is 10.3 Å². The first-order valence-electron chi connectivity index (χ1n) is 10.8. The van der Waals surface area contributed by atoms with E-state index < -0.39 is 70.0 Å². The van der Waals surface area contributed by atoms with Crippen LogP contribution in [0.25, 0.3) is 0 Å². The number of aromatic nitrogens is 1. The van der Waals surface area contributed by atoms with Gasteiger partial charge in [0.15, 0.2) is 5.96 Å². The van der Waals surface area contributed by atoms with Crippen LogP contribution in [0.2, 0.25) is 0 Å². The predicted molar refractivity (Wildman–Crippen MR) is 124 cm³/mol. The van der Waals surface area contributed by atoms with Crippen molar-refractivity contribution in [1.82, 2.24) is 10.3 Å². The molecular formula is C20H33N4O11P. The molecule has 1 amide bonds. The fourth-order valence-corrected chi connectivity index (χ4v) is 3.43. The van der Waals surface area contributed by atoms with Crippen molar-refractivity contribution in [2.24, 2.45) is 5.73 Å². The Morgan fingerprint density at radius 1 is 1.00 bits per heavy atom. The maximum absolute atomic E-state index is 13.0. The number of carbonyl (C=O) groups excluding carboxylic acids is 3. The maximum atomic E-state index is 13.0. The van der Waals surface area contributed by atoms with E-state index in [4.69, 9.17) is 43.9 Å². The lowest BCUT2D eigenvalue weighted by molar-refractivity contribution is -0.0364. The van der Waals surface area contributed by atoms with Gasteiger partial charge in [-0.3, -0.25) is 29.1 Å². The number of H-pyrrole nitrogens is 1. The summed E-state index contributed by atoms with van der Waals surface area (Å²) in [6.45, 7) is 6.56. The van der Waals surface area contributed by atoms with E-state index in [0.29, 0.717) is 5.69 Å². The first kappa shape index (κ1) is 30.9. The fourth-order valence-electron chi connectivity index (χ4n) is 2.34. The Morgan fingerprint density at radius 3 is 2.00 bits per heavy atom. The van der Waals surface area contributed by atoms with Gasteiger partial charge in [0.1, 0.15) is 12.0 Å². The number of nitrogens with two attached hydrogens (primary N) is 1. The van der Waals surface area contributed by atoms with Gasteiger partial charge in [0.05, 0.1) is 18.3 Å². The molecule has 0 fully saturated rings. The van der Waals surface area contributed by atoms with Crippen molar-refractivity contribution in [2.75, 3.05) is 19.9 Å². The van der Waals surface area contributed by atoms with Crippen molar-refractivity contribution in [3.05, 3.63) is 23.5 Å². The average Bonchev–Trinajstić information content (AvgIpc) is 3.19. The number of ether oxygens (including phenoxy) is 5. The summed E-state index contributed by atoms with van der Waals surface area (Å²) < 4.78 is 47.7. The lowest BCUT2D eigenvalue weighted by atomic mass is 10.2. The third-order valence-corrected chi connectivity index (χ3v) is 5.24. The van der Waals surface area contributed by atoms with E-state index in [1.807, 2.05) is 0 Å². The van der Waals surface area contributed by atoms with Crippen LogP contribution in [0, 0.1) is 5.41 Å². The van der Waals surface area contributed by atoms with Crippen LogP contribution in [0.4, 0.5) is 9.59 Å². The summed E-state index contributed by atoms with van der Waals surface area (Å²) in [4.78, 5) is 37.7. The number of hydrogen-bond donors (Lipinski definition) is 4. The van der Waals surface area contributed by atoms with E-state index in [1.165, 1.54) is 6.07 Å². The standard InChI is InChI=1S/C20H33N4O11P/c1-12(2)34-19(26)29-9-32-36(28,33-10-30-20(27)35-13(3)4)11-31-14(5)8-15-6-7-16(23-15)17(25)24-18(21)22/h6-7,12-14,23H,8-11H2,1-5H3,(H4,21,22,24,25). The van der Waals surface area contributed by atoms with Gasteiger partial charge < -0.3 is 34.4 Å². The van der Waals surface area contributed by atoms with Crippen LogP contribution in [0.5, 0.6) is 0 Å². The van der Waals surface area contributed by atoms with Crippen molar-refractivity contribution in [3.63, 3.8) is 0 Å². The summed E-state index contributed by atoms with van der Waals surface area (Å²) in [5.74, 6) is -1.08.